The number of nitrogens with one attached hydrogen (secondary N) is 1. The SMILES string of the molecule is CCn1c(=O)n(CCC(=O)Nc2ncc(Cc3ccc(F)cc3)s2)c2ccccc21. The lowest BCUT2D eigenvalue weighted by atomic mass is 10.1. The number of amides is 1. The highest BCUT2D eigenvalue weighted by atomic mass is 32.1. The number of hydrogen-bond acceptors (Lipinski definition) is 4. The van der Waals surface area contributed by atoms with Crippen LogP contribution in [-0.2, 0) is 24.3 Å². The van der Waals surface area contributed by atoms with Gasteiger partial charge in [-0.1, -0.05) is 24.3 Å². The molecule has 8 heteroatoms. The summed E-state index contributed by atoms with van der Waals surface area (Å²) in [5, 5.41) is 3.32. The molecule has 2 aromatic carbocycles. The second kappa shape index (κ2) is 8.62. The van der Waals surface area contributed by atoms with E-state index in [1.54, 1.807) is 27.5 Å². The molecule has 1 N–H and O–H groups in total. The number of hydrogen-bond donors (Lipinski definition) is 1. The first-order valence-corrected chi connectivity index (χ1v) is 10.5. The number of nitrogens with zero attached hydrogens (tertiary/aromatic N) is 3. The Morgan fingerprint density at radius 1 is 1.10 bits per heavy atom. The molecule has 0 unspecified atom stereocenters. The minimum absolute atomic E-state index is 0.109. The molecule has 2 heterocycles. The molecule has 0 aliphatic carbocycles. The molecule has 0 radical (unpaired) electrons. The van der Waals surface area contributed by atoms with Crippen LogP contribution in [0.2, 0.25) is 0 Å². The molecule has 0 aliphatic heterocycles. The van der Waals surface area contributed by atoms with Crippen LogP contribution < -0.4 is 11.0 Å². The standard InChI is InChI=1S/C22H21FN4O2S/c1-2-26-18-5-3-4-6-19(18)27(22(26)29)12-11-20(28)25-21-24-14-17(30-21)13-15-7-9-16(23)10-8-15/h3-10,14H,2,11-13H2,1H3,(H,24,25,28). The summed E-state index contributed by atoms with van der Waals surface area (Å²) in [6, 6.07) is 13.9. The second-order valence-corrected chi connectivity index (χ2v) is 8.02. The average Bonchev–Trinajstić information content (AvgIpc) is 3.29. The van der Waals surface area contributed by atoms with E-state index in [2.05, 4.69) is 10.3 Å². The summed E-state index contributed by atoms with van der Waals surface area (Å²) in [5.74, 6) is -0.463. The number of carbonyl (C=O) groups excluding carboxylic acids is 1. The van der Waals surface area contributed by atoms with Crippen molar-refractivity contribution in [3.63, 3.8) is 0 Å². The number of carbonyl (C=O) groups is 1. The van der Waals surface area contributed by atoms with Gasteiger partial charge in [0, 0.05) is 37.0 Å². The van der Waals surface area contributed by atoms with Gasteiger partial charge in [-0.3, -0.25) is 13.9 Å². The molecule has 0 bridgehead atoms. The Hall–Kier alpha value is -3.26. The number of aromatic nitrogens is 3. The van der Waals surface area contributed by atoms with Crippen LogP contribution in [0, 0.1) is 5.82 Å². The Bertz CT molecular complexity index is 1240. The summed E-state index contributed by atoms with van der Waals surface area (Å²) < 4.78 is 16.4. The van der Waals surface area contributed by atoms with Gasteiger partial charge in [-0.25, -0.2) is 14.2 Å². The molecule has 2 aromatic heterocycles. The maximum absolute atomic E-state index is 13.0. The van der Waals surface area contributed by atoms with E-state index in [0.717, 1.165) is 21.5 Å². The predicted molar refractivity (Wildman–Crippen MR) is 116 cm³/mol. The van der Waals surface area contributed by atoms with Gasteiger partial charge in [0.05, 0.1) is 11.0 Å². The van der Waals surface area contributed by atoms with Crippen LogP contribution >= 0.6 is 11.3 Å². The zero-order valence-corrected chi connectivity index (χ0v) is 17.3. The van der Waals surface area contributed by atoms with E-state index in [-0.39, 0.29) is 23.8 Å². The Morgan fingerprint density at radius 2 is 1.80 bits per heavy atom. The lowest BCUT2D eigenvalue weighted by Crippen LogP contribution is -2.25. The van der Waals surface area contributed by atoms with Crippen LogP contribution in [-0.4, -0.2) is 20.0 Å². The zero-order valence-electron chi connectivity index (χ0n) is 16.5. The summed E-state index contributed by atoms with van der Waals surface area (Å²) >= 11 is 1.39. The predicted octanol–water partition coefficient (Wildman–Crippen LogP) is 4.04. The number of halogens is 1. The molecule has 154 valence electrons. The first-order chi connectivity index (χ1) is 14.5. The highest BCUT2D eigenvalue weighted by Gasteiger charge is 2.13. The lowest BCUT2D eigenvalue weighted by Gasteiger charge is -2.04. The third kappa shape index (κ3) is 4.18. The maximum atomic E-state index is 13.0. The van der Waals surface area contributed by atoms with Gasteiger partial charge in [0.2, 0.25) is 5.91 Å². The molecule has 1 amide bonds. The van der Waals surface area contributed by atoms with Crippen molar-refractivity contribution in [3.05, 3.63) is 81.5 Å². The molecule has 4 rings (SSSR count). The molecule has 0 fully saturated rings. The third-order valence-corrected chi connectivity index (χ3v) is 5.81. The molecular weight excluding hydrogens is 403 g/mol. The van der Waals surface area contributed by atoms with Crippen molar-refractivity contribution in [1.82, 2.24) is 14.1 Å². The molecular formula is C22H21FN4O2S. The highest BCUT2D eigenvalue weighted by Crippen LogP contribution is 2.21. The van der Waals surface area contributed by atoms with Crippen LogP contribution in [0.3, 0.4) is 0 Å². The van der Waals surface area contributed by atoms with Gasteiger partial charge in [-0.05, 0) is 36.8 Å². The largest absolute Gasteiger partial charge is 0.329 e. The van der Waals surface area contributed by atoms with E-state index >= 15 is 0 Å². The van der Waals surface area contributed by atoms with Crippen LogP contribution in [0.5, 0.6) is 0 Å². The fraction of sp³-hybridized carbons (Fsp3) is 0.227. The van der Waals surface area contributed by atoms with Crippen molar-refractivity contribution in [2.45, 2.75) is 32.9 Å². The van der Waals surface area contributed by atoms with Crippen LogP contribution in [0.15, 0.2) is 59.5 Å². The van der Waals surface area contributed by atoms with E-state index in [9.17, 15) is 14.0 Å². The number of benzene rings is 2. The summed E-state index contributed by atoms with van der Waals surface area (Å²) in [6.45, 7) is 2.80. The van der Waals surface area contributed by atoms with Gasteiger partial charge in [0.25, 0.3) is 0 Å². The molecule has 30 heavy (non-hydrogen) atoms. The quantitative estimate of drug-likeness (QED) is 0.487. The maximum Gasteiger partial charge on any atom is 0.329 e. The Kier molecular flexibility index (Phi) is 5.76. The molecule has 0 saturated heterocycles. The minimum Gasteiger partial charge on any atom is -0.302 e. The van der Waals surface area contributed by atoms with Crippen molar-refractivity contribution in [3.8, 4) is 0 Å². The Balaban J connectivity index is 1.40. The van der Waals surface area contributed by atoms with Crippen molar-refractivity contribution in [1.29, 1.82) is 0 Å². The molecule has 0 aliphatic rings. The highest BCUT2D eigenvalue weighted by molar-refractivity contribution is 7.15. The normalized spacial score (nSPS) is 11.1. The smallest absolute Gasteiger partial charge is 0.302 e. The fourth-order valence-electron chi connectivity index (χ4n) is 3.44. The van der Waals surface area contributed by atoms with E-state index in [1.807, 2.05) is 31.2 Å². The summed E-state index contributed by atoms with van der Waals surface area (Å²) in [5.41, 5.74) is 2.57. The number of thiazole rings is 1. The van der Waals surface area contributed by atoms with Gasteiger partial charge < -0.3 is 5.32 Å². The van der Waals surface area contributed by atoms with E-state index < -0.39 is 0 Å². The molecule has 6 nitrogen and oxygen atoms in total. The van der Waals surface area contributed by atoms with Crippen molar-refractivity contribution >= 4 is 33.4 Å². The first kappa shape index (κ1) is 20.0. The monoisotopic (exact) mass is 424 g/mol. The molecule has 0 saturated carbocycles. The Labute approximate surface area is 176 Å². The number of fused-ring (bicyclic) bond motifs is 1. The number of aryl methyl sites for hydroxylation is 2. The topological polar surface area (TPSA) is 68.9 Å². The van der Waals surface area contributed by atoms with Gasteiger partial charge in [0.1, 0.15) is 5.82 Å². The average molecular weight is 425 g/mol. The van der Waals surface area contributed by atoms with Gasteiger partial charge in [0.15, 0.2) is 5.13 Å². The second-order valence-electron chi connectivity index (χ2n) is 6.90. The van der Waals surface area contributed by atoms with Crippen molar-refractivity contribution in [2.24, 2.45) is 0 Å². The van der Waals surface area contributed by atoms with Gasteiger partial charge in [-0.2, -0.15) is 0 Å². The van der Waals surface area contributed by atoms with Crippen LogP contribution in [0.25, 0.3) is 11.0 Å². The molecule has 0 spiro atoms. The number of rotatable bonds is 7. The number of anilines is 1. The van der Waals surface area contributed by atoms with Crippen molar-refractivity contribution < 1.29 is 9.18 Å². The molecule has 0 atom stereocenters. The van der Waals surface area contributed by atoms with Crippen molar-refractivity contribution in [2.75, 3.05) is 5.32 Å². The summed E-state index contributed by atoms with van der Waals surface area (Å²) in [6.07, 6.45) is 2.51. The van der Waals surface area contributed by atoms with E-state index in [1.165, 1.54) is 23.5 Å². The lowest BCUT2D eigenvalue weighted by molar-refractivity contribution is -0.116. The van der Waals surface area contributed by atoms with Gasteiger partial charge >= 0.3 is 5.69 Å². The zero-order chi connectivity index (χ0) is 21.1. The third-order valence-electron chi connectivity index (χ3n) is 4.90. The molecule has 4 aromatic rings. The van der Waals surface area contributed by atoms with E-state index in [0.29, 0.717) is 24.6 Å². The van der Waals surface area contributed by atoms with Crippen LogP contribution in [0.4, 0.5) is 9.52 Å². The number of para-hydroxylation sites is 2. The van der Waals surface area contributed by atoms with E-state index in [4.69, 9.17) is 0 Å². The summed E-state index contributed by atoms with van der Waals surface area (Å²) in [7, 11) is 0. The van der Waals surface area contributed by atoms with Gasteiger partial charge in [-0.15, -0.1) is 11.3 Å². The number of imidazole rings is 1. The Morgan fingerprint density at radius 3 is 2.50 bits per heavy atom. The van der Waals surface area contributed by atoms with Crippen LogP contribution in [0.1, 0.15) is 23.8 Å². The minimum atomic E-state index is -0.267. The fourth-order valence-corrected chi connectivity index (χ4v) is 4.30. The summed E-state index contributed by atoms with van der Waals surface area (Å²) in [4.78, 5) is 30.3. The first-order valence-electron chi connectivity index (χ1n) is 9.72.